The van der Waals surface area contributed by atoms with Gasteiger partial charge in [0.25, 0.3) is 5.91 Å². The van der Waals surface area contributed by atoms with E-state index in [1.807, 2.05) is 0 Å². The molecule has 0 spiro atoms. The van der Waals surface area contributed by atoms with Crippen molar-refractivity contribution in [2.75, 3.05) is 13.1 Å². The SMILES string of the molecule is CC(C)(CCCN)CNC(=O)c1ccc(O)c(O)c1. The highest BCUT2D eigenvalue weighted by Gasteiger charge is 2.19. The number of hydrogen-bond acceptors (Lipinski definition) is 4. The molecular formula is C14H22N2O3. The van der Waals surface area contributed by atoms with Gasteiger partial charge in [0.05, 0.1) is 0 Å². The summed E-state index contributed by atoms with van der Waals surface area (Å²) < 4.78 is 0. The zero-order chi connectivity index (χ0) is 14.5. The molecule has 1 amide bonds. The molecule has 19 heavy (non-hydrogen) atoms. The summed E-state index contributed by atoms with van der Waals surface area (Å²) >= 11 is 0. The molecule has 0 radical (unpaired) electrons. The maximum absolute atomic E-state index is 11.9. The number of nitrogens with one attached hydrogen (secondary N) is 1. The topological polar surface area (TPSA) is 95.6 Å². The van der Waals surface area contributed by atoms with Crippen molar-refractivity contribution >= 4 is 5.91 Å². The highest BCUT2D eigenvalue weighted by molar-refractivity contribution is 5.94. The van der Waals surface area contributed by atoms with Gasteiger partial charge in [-0.3, -0.25) is 4.79 Å². The van der Waals surface area contributed by atoms with E-state index in [2.05, 4.69) is 19.2 Å². The third-order valence-corrected chi connectivity index (χ3v) is 3.02. The number of amides is 1. The standard InChI is InChI=1S/C14H22N2O3/c1-14(2,6-3-7-15)9-16-13(19)10-4-5-11(17)12(18)8-10/h4-5,8,17-18H,3,6-7,9,15H2,1-2H3,(H,16,19). The zero-order valence-corrected chi connectivity index (χ0v) is 11.4. The van der Waals surface area contributed by atoms with Gasteiger partial charge in [-0.05, 0) is 43.0 Å². The molecule has 0 fully saturated rings. The van der Waals surface area contributed by atoms with E-state index < -0.39 is 0 Å². The molecule has 5 N–H and O–H groups in total. The van der Waals surface area contributed by atoms with Gasteiger partial charge in [-0.2, -0.15) is 0 Å². The van der Waals surface area contributed by atoms with Gasteiger partial charge in [-0.1, -0.05) is 13.8 Å². The van der Waals surface area contributed by atoms with Crippen molar-refractivity contribution in [2.45, 2.75) is 26.7 Å². The molecule has 0 bridgehead atoms. The minimum atomic E-state index is -0.296. The fraction of sp³-hybridized carbons (Fsp3) is 0.500. The Morgan fingerprint density at radius 3 is 2.58 bits per heavy atom. The molecule has 0 aliphatic rings. The highest BCUT2D eigenvalue weighted by Crippen LogP contribution is 2.25. The molecule has 1 aromatic carbocycles. The lowest BCUT2D eigenvalue weighted by atomic mass is 9.87. The quantitative estimate of drug-likeness (QED) is 0.588. The molecule has 0 heterocycles. The number of benzene rings is 1. The fourth-order valence-corrected chi connectivity index (χ4v) is 1.76. The van der Waals surface area contributed by atoms with Gasteiger partial charge in [0.15, 0.2) is 11.5 Å². The zero-order valence-electron chi connectivity index (χ0n) is 11.4. The summed E-state index contributed by atoms with van der Waals surface area (Å²) in [5, 5.41) is 21.4. The predicted octanol–water partition coefficient (Wildman–Crippen LogP) is 1.59. The number of phenols is 2. The summed E-state index contributed by atoms with van der Waals surface area (Å²) in [7, 11) is 0. The predicted molar refractivity (Wildman–Crippen MR) is 74.2 cm³/mol. The van der Waals surface area contributed by atoms with Crippen molar-refractivity contribution in [1.29, 1.82) is 0 Å². The van der Waals surface area contributed by atoms with Crippen LogP contribution >= 0.6 is 0 Å². The number of phenolic OH excluding ortho intramolecular Hbond substituents is 2. The molecule has 5 heteroatoms. The highest BCUT2D eigenvalue weighted by atomic mass is 16.3. The summed E-state index contributed by atoms with van der Waals surface area (Å²) in [6, 6.07) is 4.01. The monoisotopic (exact) mass is 266 g/mol. The van der Waals surface area contributed by atoms with Crippen LogP contribution in [0.1, 0.15) is 37.0 Å². The van der Waals surface area contributed by atoms with E-state index in [1.165, 1.54) is 18.2 Å². The first-order valence-corrected chi connectivity index (χ1v) is 6.36. The molecule has 0 unspecified atom stereocenters. The Morgan fingerprint density at radius 2 is 2.00 bits per heavy atom. The lowest BCUT2D eigenvalue weighted by Crippen LogP contribution is -2.34. The molecule has 0 saturated carbocycles. The van der Waals surface area contributed by atoms with E-state index in [9.17, 15) is 15.0 Å². The molecule has 0 atom stereocenters. The number of carbonyl (C=O) groups excluding carboxylic acids is 1. The van der Waals surface area contributed by atoms with E-state index in [0.29, 0.717) is 18.7 Å². The van der Waals surface area contributed by atoms with Crippen LogP contribution in [0.2, 0.25) is 0 Å². The number of rotatable bonds is 6. The molecule has 1 rings (SSSR count). The van der Waals surface area contributed by atoms with Gasteiger partial charge in [0.2, 0.25) is 0 Å². The van der Waals surface area contributed by atoms with Crippen molar-refractivity contribution < 1.29 is 15.0 Å². The molecule has 0 aliphatic heterocycles. The molecule has 1 aromatic rings. The summed E-state index contributed by atoms with van der Waals surface area (Å²) in [5.74, 6) is -0.800. The fourth-order valence-electron chi connectivity index (χ4n) is 1.76. The van der Waals surface area contributed by atoms with E-state index in [4.69, 9.17) is 5.73 Å². The van der Waals surface area contributed by atoms with Crippen LogP contribution in [0.5, 0.6) is 11.5 Å². The van der Waals surface area contributed by atoms with Gasteiger partial charge in [-0.25, -0.2) is 0 Å². The molecule has 0 aliphatic carbocycles. The second kappa shape index (κ2) is 6.43. The molecule has 0 saturated heterocycles. The molecule has 106 valence electrons. The van der Waals surface area contributed by atoms with Crippen molar-refractivity contribution in [3.05, 3.63) is 23.8 Å². The van der Waals surface area contributed by atoms with Crippen LogP contribution < -0.4 is 11.1 Å². The van der Waals surface area contributed by atoms with Gasteiger partial charge >= 0.3 is 0 Å². The normalized spacial score (nSPS) is 11.3. The third-order valence-electron chi connectivity index (χ3n) is 3.02. The van der Waals surface area contributed by atoms with Crippen molar-refractivity contribution in [3.8, 4) is 11.5 Å². The number of nitrogens with two attached hydrogens (primary N) is 1. The average molecular weight is 266 g/mol. The van der Waals surface area contributed by atoms with Crippen molar-refractivity contribution in [3.63, 3.8) is 0 Å². The summed E-state index contributed by atoms with van der Waals surface area (Å²) in [6.45, 7) is 5.31. The first-order chi connectivity index (χ1) is 8.85. The number of hydrogen-bond donors (Lipinski definition) is 4. The van der Waals surface area contributed by atoms with Gasteiger partial charge in [0, 0.05) is 12.1 Å². The second-order valence-electron chi connectivity index (χ2n) is 5.44. The lowest BCUT2D eigenvalue weighted by Gasteiger charge is -2.24. The molecular weight excluding hydrogens is 244 g/mol. The Bertz CT molecular complexity index is 444. The third kappa shape index (κ3) is 4.79. The van der Waals surface area contributed by atoms with E-state index in [0.717, 1.165) is 12.8 Å². The molecule has 5 nitrogen and oxygen atoms in total. The number of aromatic hydroxyl groups is 2. The Labute approximate surface area is 113 Å². The Kier molecular flexibility index (Phi) is 5.18. The summed E-state index contributed by atoms with van der Waals surface area (Å²) in [6.07, 6.45) is 1.85. The molecule has 0 aromatic heterocycles. The van der Waals surface area contributed by atoms with Crippen LogP contribution in [0.3, 0.4) is 0 Å². The largest absolute Gasteiger partial charge is 0.504 e. The maximum atomic E-state index is 11.9. The second-order valence-corrected chi connectivity index (χ2v) is 5.44. The van der Waals surface area contributed by atoms with Gasteiger partial charge in [-0.15, -0.1) is 0 Å². The van der Waals surface area contributed by atoms with Crippen molar-refractivity contribution in [2.24, 2.45) is 11.1 Å². The minimum absolute atomic E-state index is 0.0198. The van der Waals surface area contributed by atoms with Gasteiger partial charge < -0.3 is 21.3 Å². The van der Waals surface area contributed by atoms with E-state index in [-0.39, 0.29) is 22.8 Å². The van der Waals surface area contributed by atoms with Crippen LogP contribution in [-0.2, 0) is 0 Å². The van der Waals surface area contributed by atoms with E-state index in [1.54, 1.807) is 0 Å². The minimum Gasteiger partial charge on any atom is -0.504 e. The van der Waals surface area contributed by atoms with Crippen LogP contribution in [0, 0.1) is 5.41 Å². The summed E-state index contributed by atoms with van der Waals surface area (Å²) in [5.41, 5.74) is 5.78. The lowest BCUT2D eigenvalue weighted by molar-refractivity contribution is 0.0934. The smallest absolute Gasteiger partial charge is 0.251 e. The van der Waals surface area contributed by atoms with Crippen LogP contribution in [0.15, 0.2) is 18.2 Å². The van der Waals surface area contributed by atoms with Crippen LogP contribution in [0.25, 0.3) is 0 Å². The van der Waals surface area contributed by atoms with Crippen LogP contribution in [0.4, 0.5) is 0 Å². The van der Waals surface area contributed by atoms with Crippen molar-refractivity contribution in [1.82, 2.24) is 5.32 Å². The van der Waals surface area contributed by atoms with Gasteiger partial charge in [0.1, 0.15) is 0 Å². The first kappa shape index (κ1) is 15.3. The Morgan fingerprint density at radius 1 is 1.32 bits per heavy atom. The summed E-state index contributed by atoms with van der Waals surface area (Å²) in [4.78, 5) is 11.9. The Hall–Kier alpha value is -1.75. The average Bonchev–Trinajstić information content (AvgIpc) is 2.37. The van der Waals surface area contributed by atoms with E-state index >= 15 is 0 Å². The Balaban J connectivity index is 2.57. The number of carbonyl (C=O) groups is 1. The maximum Gasteiger partial charge on any atom is 0.251 e. The first-order valence-electron chi connectivity index (χ1n) is 6.36. The van der Waals surface area contributed by atoms with Crippen LogP contribution in [-0.4, -0.2) is 29.2 Å².